The van der Waals surface area contributed by atoms with E-state index < -0.39 is 10.0 Å². The van der Waals surface area contributed by atoms with Gasteiger partial charge in [-0.25, -0.2) is 8.42 Å². The van der Waals surface area contributed by atoms with E-state index >= 15 is 0 Å². The number of nitrogens with zero attached hydrogens (tertiary/aromatic N) is 2. The maximum Gasteiger partial charge on any atom is 0.235 e. The molecule has 110 valence electrons. The number of hydrogen-bond acceptors (Lipinski definition) is 3. The molecule has 0 radical (unpaired) electrons. The SMILES string of the molecule is C=Cc1cccc(N(Cc2cccnc2)S(=O)(=O)CC)c1. The van der Waals surface area contributed by atoms with Gasteiger partial charge in [-0.15, -0.1) is 0 Å². The van der Waals surface area contributed by atoms with Gasteiger partial charge >= 0.3 is 0 Å². The summed E-state index contributed by atoms with van der Waals surface area (Å²) in [4.78, 5) is 4.04. The Morgan fingerprint density at radius 2 is 2.10 bits per heavy atom. The number of aromatic nitrogens is 1. The zero-order valence-electron chi connectivity index (χ0n) is 11.9. The zero-order valence-corrected chi connectivity index (χ0v) is 12.8. The highest BCUT2D eigenvalue weighted by atomic mass is 32.2. The summed E-state index contributed by atoms with van der Waals surface area (Å²) < 4.78 is 26.2. The van der Waals surface area contributed by atoms with Crippen LogP contribution in [0.1, 0.15) is 18.1 Å². The molecule has 1 aromatic heterocycles. The van der Waals surface area contributed by atoms with Crippen LogP contribution in [0.15, 0.2) is 55.4 Å². The number of hydrogen-bond donors (Lipinski definition) is 0. The van der Waals surface area contributed by atoms with Crippen molar-refractivity contribution in [3.63, 3.8) is 0 Å². The fraction of sp³-hybridized carbons (Fsp3) is 0.188. The quantitative estimate of drug-likeness (QED) is 0.824. The molecule has 0 amide bonds. The largest absolute Gasteiger partial charge is 0.266 e. The molecule has 0 spiro atoms. The first kappa shape index (κ1) is 15.3. The van der Waals surface area contributed by atoms with Crippen LogP contribution in [0, 0.1) is 0 Å². The van der Waals surface area contributed by atoms with E-state index in [1.165, 1.54) is 4.31 Å². The van der Waals surface area contributed by atoms with Crippen molar-refractivity contribution < 1.29 is 8.42 Å². The van der Waals surface area contributed by atoms with Gasteiger partial charge < -0.3 is 0 Å². The van der Waals surface area contributed by atoms with E-state index in [4.69, 9.17) is 0 Å². The first-order valence-electron chi connectivity index (χ1n) is 6.68. The molecular weight excluding hydrogens is 284 g/mol. The molecular formula is C16H18N2O2S. The van der Waals surface area contributed by atoms with Crippen LogP contribution in [0.25, 0.3) is 6.08 Å². The number of rotatable bonds is 6. The van der Waals surface area contributed by atoms with Gasteiger partial charge in [0, 0.05) is 12.4 Å². The van der Waals surface area contributed by atoms with Gasteiger partial charge in [-0.05, 0) is 36.2 Å². The van der Waals surface area contributed by atoms with Gasteiger partial charge in [-0.3, -0.25) is 9.29 Å². The Hall–Kier alpha value is -2.14. The van der Waals surface area contributed by atoms with Crippen LogP contribution in [-0.4, -0.2) is 19.2 Å². The van der Waals surface area contributed by atoms with Crippen LogP contribution < -0.4 is 4.31 Å². The zero-order chi connectivity index (χ0) is 15.3. The lowest BCUT2D eigenvalue weighted by Crippen LogP contribution is -2.31. The number of pyridine rings is 1. The first-order chi connectivity index (χ1) is 10.1. The lowest BCUT2D eigenvalue weighted by Gasteiger charge is -2.24. The second-order valence-electron chi connectivity index (χ2n) is 4.57. The van der Waals surface area contributed by atoms with Gasteiger partial charge in [0.2, 0.25) is 10.0 Å². The van der Waals surface area contributed by atoms with Gasteiger partial charge in [0.25, 0.3) is 0 Å². The molecule has 0 aliphatic rings. The molecule has 2 rings (SSSR count). The minimum Gasteiger partial charge on any atom is -0.266 e. The summed E-state index contributed by atoms with van der Waals surface area (Å²) in [7, 11) is -3.37. The summed E-state index contributed by atoms with van der Waals surface area (Å²) in [5.41, 5.74) is 2.37. The van der Waals surface area contributed by atoms with Crippen molar-refractivity contribution in [2.75, 3.05) is 10.1 Å². The van der Waals surface area contributed by atoms with E-state index in [9.17, 15) is 8.42 Å². The predicted molar refractivity (Wildman–Crippen MR) is 86.4 cm³/mol. The van der Waals surface area contributed by atoms with Crippen LogP contribution in [0.5, 0.6) is 0 Å². The molecule has 0 saturated carbocycles. The Labute approximate surface area is 125 Å². The minimum atomic E-state index is -3.37. The molecule has 4 nitrogen and oxygen atoms in total. The molecule has 1 heterocycles. The third kappa shape index (κ3) is 3.70. The van der Waals surface area contributed by atoms with E-state index in [1.807, 2.05) is 24.3 Å². The van der Waals surface area contributed by atoms with E-state index in [0.717, 1.165) is 11.1 Å². The standard InChI is InChI=1S/C16H18N2O2S/c1-3-14-7-5-9-16(11-14)18(21(19,20)4-2)13-15-8-6-10-17-12-15/h3,5-12H,1,4,13H2,2H3. The third-order valence-electron chi connectivity index (χ3n) is 3.14. The fourth-order valence-electron chi connectivity index (χ4n) is 1.97. The lowest BCUT2D eigenvalue weighted by molar-refractivity contribution is 0.591. The van der Waals surface area contributed by atoms with Crippen molar-refractivity contribution >= 4 is 21.8 Å². The maximum absolute atomic E-state index is 12.4. The van der Waals surface area contributed by atoms with Gasteiger partial charge in [0.1, 0.15) is 0 Å². The van der Waals surface area contributed by atoms with E-state index in [2.05, 4.69) is 11.6 Å². The van der Waals surface area contributed by atoms with Gasteiger partial charge in [-0.1, -0.05) is 30.9 Å². The Morgan fingerprint density at radius 1 is 1.29 bits per heavy atom. The van der Waals surface area contributed by atoms with Gasteiger partial charge in [-0.2, -0.15) is 0 Å². The van der Waals surface area contributed by atoms with E-state index in [-0.39, 0.29) is 12.3 Å². The van der Waals surface area contributed by atoms with Crippen molar-refractivity contribution in [2.45, 2.75) is 13.5 Å². The Kier molecular flexibility index (Phi) is 4.75. The third-order valence-corrected chi connectivity index (χ3v) is 4.88. The van der Waals surface area contributed by atoms with Crippen LogP contribution >= 0.6 is 0 Å². The Morgan fingerprint density at radius 3 is 2.71 bits per heavy atom. The summed E-state index contributed by atoms with van der Waals surface area (Å²) in [6, 6.07) is 11.0. The lowest BCUT2D eigenvalue weighted by atomic mass is 10.2. The average molecular weight is 302 g/mol. The van der Waals surface area contributed by atoms with E-state index in [0.29, 0.717) is 5.69 Å². The Balaban J connectivity index is 2.43. The second kappa shape index (κ2) is 6.54. The molecule has 0 aliphatic heterocycles. The number of benzene rings is 1. The summed E-state index contributed by atoms with van der Waals surface area (Å²) in [5, 5.41) is 0. The molecule has 21 heavy (non-hydrogen) atoms. The summed E-state index contributed by atoms with van der Waals surface area (Å²) in [6.07, 6.45) is 5.04. The highest BCUT2D eigenvalue weighted by Crippen LogP contribution is 2.23. The number of sulfonamides is 1. The van der Waals surface area contributed by atoms with Crippen LogP contribution in [0.3, 0.4) is 0 Å². The van der Waals surface area contributed by atoms with Gasteiger partial charge in [0.15, 0.2) is 0 Å². The molecule has 0 aliphatic carbocycles. The summed E-state index contributed by atoms with van der Waals surface area (Å²) >= 11 is 0. The molecule has 0 saturated heterocycles. The van der Waals surface area contributed by atoms with Crippen molar-refractivity contribution in [3.05, 3.63) is 66.5 Å². The predicted octanol–water partition coefficient (Wildman–Crippen LogP) is 3.08. The summed E-state index contributed by atoms with van der Waals surface area (Å²) in [6.45, 7) is 5.63. The normalized spacial score (nSPS) is 11.1. The van der Waals surface area contributed by atoms with Gasteiger partial charge in [0.05, 0.1) is 18.0 Å². The van der Waals surface area contributed by atoms with Crippen molar-refractivity contribution in [1.82, 2.24) is 4.98 Å². The maximum atomic E-state index is 12.4. The monoisotopic (exact) mass is 302 g/mol. The van der Waals surface area contributed by atoms with Crippen LogP contribution in [0.4, 0.5) is 5.69 Å². The van der Waals surface area contributed by atoms with E-state index in [1.54, 1.807) is 37.5 Å². The topological polar surface area (TPSA) is 50.3 Å². The molecule has 0 fully saturated rings. The van der Waals surface area contributed by atoms with Crippen molar-refractivity contribution in [3.8, 4) is 0 Å². The number of anilines is 1. The molecule has 0 bridgehead atoms. The Bertz CT molecular complexity index is 712. The molecule has 5 heteroatoms. The average Bonchev–Trinajstić information content (AvgIpc) is 2.53. The molecule has 0 unspecified atom stereocenters. The molecule has 2 aromatic rings. The van der Waals surface area contributed by atoms with Crippen molar-refractivity contribution in [1.29, 1.82) is 0 Å². The smallest absolute Gasteiger partial charge is 0.235 e. The molecule has 0 N–H and O–H groups in total. The highest BCUT2D eigenvalue weighted by molar-refractivity contribution is 7.92. The minimum absolute atomic E-state index is 0.0472. The fourth-order valence-corrected chi connectivity index (χ4v) is 3.06. The highest BCUT2D eigenvalue weighted by Gasteiger charge is 2.21. The first-order valence-corrected chi connectivity index (χ1v) is 8.29. The summed E-state index contributed by atoms with van der Waals surface area (Å²) in [5.74, 6) is 0.0472. The molecule has 0 atom stereocenters. The van der Waals surface area contributed by atoms with Crippen molar-refractivity contribution in [2.24, 2.45) is 0 Å². The van der Waals surface area contributed by atoms with Crippen LogP contribution in [0.2, 0.25) is 0 Å². The second-order valence-corrected chi connectivity index (χ2v) is 6.75. The molecule has 1 aromatic carbocycles. The van der Waals surface area contributed by atoms with Crippen LogP contribution in [-0.2, 0) is 16.6 Å².